The second-order valence-electron chi connectivity index (χ2n) is 4.69. The average Bonchev–Trinajstić information content (AvgIpc) is 2.92. The number of carbonyl (C=O) groups is 1. The van der Waals surface area contributed by atoms with E-state index in [9.17, 15) is 13.2 Å². The second kappa shape index (κ2) is 5.54. The minimum Gasteiger partial charge on any atom is -0.467 e. The summed E-state index contributed by atoms with van der Waals surface area (Å²) in [5, 5.41) is -0.283. The van der Waals surface area contributed by atoms with Crippen LogP contribution in [0.25, 0.3) is 0 Å². The zero-order valence-electron chi connectivity index (χ0n) is 10.5. The zero-order valence-corrected chi connectivity index (χ0v) is 11.3. The van der Waals surface area contributed by atoms with Crippen LogP contribution in [0.1, 0.15) is 25.7 Å². The van der Waals surface area contributed by atoms with E-state index in [4.69, 9.17) is 4.74 Å². The minimum atomic E-state index is -3.29. The quantitative estimate of drug-likeness (QED) is 0.686. The van der Waals surface area contributed by atoms with Crippen molar-refractivity contribution in [2.24, 2.45) is 0 Å². The zero-order chi connectivity index (χ0) is 13.2. The van der Waals surface area contributed by atoms with Gasteiger partial charge < -0.3 is 9.47 Å². The van der Waals surface area contributed by atoms with Crippen LogP contribution in [0.15, 0.2) is 0 Å². The van der Waals surface area contributed by atoms with Crippen molar-refractivity contribution in [3.63, 3.8) is 0 Å². The first-order chi connectivity index (χ1) is 8.55. The predicted molar refractivity (Wildman–Crippen MR) is 64.5 cm³/mol. The van der Waals surface area contributed by atoms with Gasteiger partial charge in [0.1, 0.15) is 0 Å². The Kier molecular flexibility index (Phi) is 4.24. The van der Waals surface area contributed by atoms with Gasteiger partial charge in [0.2, 0.25) is 10.0 Å². The van der Waals surface area contributed by atoms with Crippen molar-refractivity contribution in [1.29, 1.82) is 0 Å². The third kappa shape index (κ3) is 2.67. The van der Waals surface area contributed by atoms with Gasteiger partial charge >= 0.3 is 5.97 Å². The SMILES string of the molecule is COC(=O)C1CN(S(=O)(=O)C2CCCC2)CCO1. The van der Waals surface area contributed by atoms with E-state index >= 15 is 0 Å². The van der Waals surface area contributed by atoms with E-state index in [1.807, 2.05) is 0 Å². The summed E-state index contributed by atoms with van der Waals surface area (Å²) >= 11 is 0. The molecule has 0 aromatic rings. The number of ether oxygens (including phenoxy) is 2. The molecule has 0 N–H and O–H groups in total. The minimum absolute atomic E-state index is 0.0749. The normalized spacial score (nSPS) is 27.3. The van der Waals surface area contributed by atoms with Crippen molar-refractivity contribution in [2.75, 3.05) is 26.8 Å². The van der Waals surface area contributed by atoms with Gasteiger partial charge in [0.25, 0.3) is 0 Å². The highest BCUT2D eigenvalue weighted by atomic mass is 32.2. The van der Waals surface area contributed by atoms with Gasteiger partial charge in [0.05, 0.1) is 25.5 Å². The Hall–Kier alpha value is -0.660. The molecule has 1 aliphatic heterocycles. The summed E-state index contributed by atoms with van der Waals surface area (Å²) in [4.78, 5) is 11.4. The molecule has 0 radical (unpaired) electrons. The van der Waals surface area contributed by atoms with Crippen molar-refractivity contribution in [1.82, 2.24) is 4.31 Å². The molecule has 1 aliphatic carbocycles. The molecular weight excluding hydrogens is 258 g/mol. The first kappa shape index (κ1) is 13.8. The van der Waals surface area contributed by atoms with Gasteiger partial charge in [-0.2, -0.15) is 4.31 Å². The van der Waals surface area contributed by atoms with Crippen LogP contribution in [-0.4, -0.2) is 56.9 Å². The second-order valence-corrected chi connectivity index (χ2v) is 6.91. The molecule has 0 spiro atoms. The average molecular weight is 277 g/mol. The van der Waals surface area contributed by atoms with Crippen LogP contribution >= 0.6 is 0 Å². The maximum absolute atomic E-state index is 12.4. The molecule has 2 fully saturated rings. The lowest BCUT2D eigenvalue weighted by molar-refractivity contribution is -0.157. The topological polar surface area (TPSA) is 72.9 Å². The number of methoxy groups -OCH3 is 1. The van der Waals surface area contributed by atoms with E-state index in [0.717, 1.165) is 25.7 Å². The standard InChI is InChI=1S/C11H19NO5S/c1-16-11(13)10-8-12(6-7-17-10)18(14,15)9-4-2-3-5-9/h9-10H,2-8H2,1H3. The molecule has 0 aromatic heterocycles. The van der Waals surface area contributed by atoms with Gasteiger partial charge in [0, 0.05) is 6.54 Å². The molecule has 0 bridgehead atoms. The molecule has 1 unspecified atom stereocenters. The Morgan fingerprint density at radius 3 is 2.61 bits per heavy atom. The number of esters is 1. The van der Waals surface area contributed by atoms with E-state index in [1.54, 1.807) is 0 Å². The third-order valence-corrected chi connectivity index (χ3v) is 5.94. The van der Waals surface area contributed by atoms with Gasteiger partial charge in [-0.25, -0.2) is 13.2 Å². The fourth-order valence-corrected chi connectivity index (χ4v) is 4.55. The van der Waals surface area contributed by atoms with Gasteiger partial charge in [-0.1, -0.05) is 12.8 Å². The summed E-state index contributed by atoms with van der Waals surface area (Å²) in [5.74, 6) is -0.513. The fraction of sp³-hybridized carbons (Fsp3) is 0.909. The summed E-state index contributed by atoms with van der Waals surface area (Å²) < 4.78 is 35.9. The fourth-order valence-electron chi connectivity index (χ4n) is 2.53. The lowest BCUT2D eigenvalue weighted by Crippen LogP contribution is -2.50. The number of hydrogen-bond donors (Lipinski definition) is 0. The molecule has 18 heavy (non-hydrogen) atoms. The number of nitrogens with zero attached hydrogens (tertiary/aromatic N) is 1. The van der Waals surface area contributed by atoms with E-state index in [2.05, 4.69) is 4.74 Å². The monoisotopic (exact) mass is 277 g/mol. The lowest BCUT2D eigenvalue weighted by Gasteiger charge is -2.32. The van der Waals surface area contributed by atoms with Gasteiger partial charge in [-0.3, -0.25) is 0 Å². The Labute approximate surface area is 107 Å². The number of hydrogen-bond acceptors (Lipinski definition) is 5. The summed E-state index contributed by atoms with van der Waals surface area (Å²) in [5.41, 5.74) is 0. The molecule has 0 amide bonds. The van der Waals surface area contributed by atoms with Crippen molar-refractivity contribution in [2.45, 2.75) is 37.0 Å². The van der Waals surface area contributed by atoms with Crippen molar-refractivity contribution in [3.05, 3.63) is 0 Å². The van der Waals surface area contributed by atoms with Gasteiger partial charge in [-0.15, -0.1) is 0 Å². The van der Waals surface area contributed by atoms with Crippen LogP contribution in [0.3, 0.4) is 0 Å². The maximum Gasteiger partial charge on any atom is 0.336 e. The first-order valence-electron chi connectivity index (χ1n) is 6.24. The van der Waals surface area contributed by atoms with Crippen molar-refractivity contribution in [3.8, 4) is 0 Å². The molecule has 7 heteroatoms. The molecule has 2 rings (SSSR count). The summed E-state index contributed by atoms with van der Waals surface area (Å²) in [7, 11) is -2.02. The molecule has 1 atom stereocenters. The van der Waals surface area contributed by atoms with Crippen LogP contribution in [0, 0.1) is 0 Å². The Morgan fingerprint density at radius 2 is 2.00 bits per heavy atom. The molecule has 0 aromatic carbocycles. The molecule has 6 nitrogen and oxygen atoms in total. The molecule has 1 saturated carbocycles. The van der Waals surface area contributed by atoms with Crippen molar-refractivity contribution < 1.29 is 22.7 Å². The molecular formula is C11H19NO5S. The maximum atomic E-state index is 12.4. The summed E-state index contributed by atoms with van der Waals surface area (Å²) in [6.45, 7) is 0.642. The Morgan fingerprint density at radius 1 is 1.33 bits per heavy atom. The predicted octanol–water partition coefficient (Wildman–Crippen LogP) is 0.133. The van der Waals surface area contributed by atoms with Gasteiger partial charge in [-0.05, 0) is 12.8 Å². The smallest absolute Gasteiger partial charge is 0.336 e. The number of sulfonamides is 1. The highest BCUT2D eigenvalue weighted by Crippen LogP contribution is 2.28. The van der Waals surface area contributed by atoms with E-state index in [-0.39, 0.29) is 18.4 Å². The highest BCUT2D eigenvalue weighted by Gasteiger charge is 2.38. The molecule has 1 saturated heterocycles. The largest absolute Gasteiger partial charge is 0.467 e. The summed E-state index contributed by atoms with van der Waals surface area (Å²) in [6, 6.07) is 0. The third-order valence-electron chi connectivity index (χ3n) is 3.58. The molecule has 1 heterocycles. The van der Waals surface area contributed by atoms with Crippen LogP contribution < -0.4 is 0 Å². The van der Waals surface area contributed by atoms with Crippen molar-refractivity contribution >= 4 is 16.0 Å². The Bertz CT molecular complexity index is 402. The van der Waals surface area contributed by atoms with E-state index in [1.165, 1.54) is 11.4 Å². The lowest BCUT2D eigenvalue weighted by atomic mass is 10.3. The highest BCUT2D eigenvalue weighted by molar-refractivity contribution is 7.89. The first-order valence-corrected chi connectivity index (χ1v) is 7.74. The van der Waals surface area contributed by atoms with E-state index in [0.29, 0.717) is 6.54 Å². The number of morpholine rings is 1. The van der Waals surface area contributed by atoms with Gasteiger partial charge in [0.15, 0.2) is 6.10 Å². The van der Waals surface area contributed by atoms with Crippen LogP contribution in [0.2, 0.25) is 0 Å². The number of carbonyl (C=O) groups excluding carboxylic acids is 1. The van der Waals surface area contributed by atoms with E-state index < -0.39 is 22.1 Å². The number of rotatable bonds is 3. The Balaban J connectivity index is 2.06. The van der Waals surface area contributed by atoms with Crippen LogP contribution in [-0.2, 0) is 24.3 Å². The molecule has 2 aliphatic rings. The van der Waals surface area contributed by atoms with Crippen LogP contribution in [0.4, 0.5) is 0 Å². The summed E-state index contributed by atoms with van der Waals surface area (Å²) in [6.07, 6.45) is 2.59. The molecule has 104 valence electrons. The van der Waals surface area contributed by atoms with Crippen LogP contribution in [0.5, 0.6) is 0 Å².